The SMILES string of the molecule is CCC(=O)N1CCc2cc(C(=O)OCCc3ccccc3F)ccc21. The van der Waals surface area contributed by atoms with Crippen LogP contribution in [0.4, 0.5) is 10.1 Å². The number of hydrogen-bond donors (Lipinski definition) is 0. The van der Waals surface area contributed by atoms with Crippen LogP contribution in [0.5, 0.6) is 0 Å². The zero-order valence-corrected chi connectivity index (χ0v) is 14.1. The van der Waals surface area contributed by atoms with Gasteiger partial charge in [-0.25, -0.2) is 9.18 Å². The highest BCUT2D eigenvalue weighted by Crippen LogP contribution is 2.29. The first-order valence-corrected chi connectivity index (χ1v) is 8.44. The monoisotopic (exact) mass is 341 g/mol. The maximum Gasteiger partial charge on any atom is 0.338 e. The lowest BCUT2D eigenvalue weighted by molar-refractivity contribution is -0.118. The van der Waals surface area contributed by atoms with Gasteiger partial charge in [-0.15, -0.1) is 0 Å². The molecule has 2 aromatic carbocycles. The number of rotatable bonds is 5. The van der Waals surface area contributed by atoms with E-state index in [-0.39, 0.29) is 18.3 Å². The maximum absolute atomic E-state index is 13.5. The first-order valence-electron chi connectivity index (χ1n) is 8.44. The summed E-state index contributed by atoms with van der Waals surface area (Å²) in [5, 5.41) is 0. The fourth-order valence-corrected chi connectivity index (χ4v) is 3.02. The van der Waals surface area contributed by atoms with Crippen LogP contribution in [0, 0.1) is 5.82 Å². The number of nitrogens with zero attached hydrogens (tertiary/aromatic N) is 1. The van der Waals surface area contributed by atoms with Gasteiger partial charge in [0.25, 0.3) is 0 Å². The van der Waals surface area contributed by atoms with Gasteiger partial charge in [-0.1, -0.05) is 25.1 Å². The van der Waals surface area contributed by atoms with E-state index in [9.17, 15) is 14.0 Å². The van der Waals surface area contributed by atoms with E-state index >= 15 is 0 Å². The van der Waals surface area contributed by atoms with Crippen molar-refractivity contribution in [2.75, 3.05) is 18.1 Å². The molecule has 1 aliphatic heterocycles. The zero-order valence-electron chi connectivity index (χ0n) is 14.1. The van der Waals surface area contributed by atoms with E-state index in [4.69, 9.17) is 4.74 Å². The predicted molar refractivity (Wildman–Crippen MR) is 93.2 cm³/mol. The highest BCUT2D eigenvalue weighted by molar-refractivity contribution is 5.97. The van der Waals surface area contributed by atoms with E-state index in [0.717, 1.165) is 17.7 Å². The van der Waals surface area contributed by atoms with Crippen LogP contribution in [0.2, 0.25) is 0 Å². The Morgan fingerprint density at radius 2 is 2.00 bits per heavy atom. The molecule has 0 unspecified atom stereocenters. The molecule has 2 aromatic rings. The summed E-state index contributed by atoms with van der Waals surface area (Å²) in [6.45, 7) is 2.60. The Labute approximate surface area is 146 Å². The number of halogens is 1. The summed E-state index contributed by atoms with van der Waals surface area (Å²) in [6, 6.07) is 11.7. The number of amides is 1. The van der Waals surface area contributed by atoms with E-state index < -0.39 is 5.97 Å². The molecule has 1 aliphatic rings. The second-order valence-corrected chi connectivity index (χ2v) is 5.97. The van der Waals surface area contributed by atoms with Gasteiger partial charge >= 0.3 is 5.97 Å². The molecule has 0 saturated carbocycles. The molecule has 0 spiro atoms. The van der Waals surface area contributed by atoms with Crippen LogP contribution in [0.3, 0.4) is 0 Å². The molecule has 1 amide bonds. The zero-order chi connectivity index (χ0) is 17.8. The third-order valence-corrected chi connectivity index (χ3v) is 4.38. The number of carbonyl (C=O) groups excluding carboxylic acids is 2. The average Bonchev–Trinajstić information content (AvgIpc) is 3.05. The highest BCUT2D eigenvalue weighted by atomic mass is 19.1. The molecule has 0 fully saturated rings. The number of benzene rings is 2. The molecule has 130 valence electrons. The van der Waals surface area contributed by atoms with Gasteiger partial charge in [0.1, 0.15) is 5.82 Å². The van der Waals surface area contributed by atoms with Crippen molar-refractivity contribution in [3.8, 4) is 0 Å². The Hall–Kier alpha value is -2.69. The summed E-state index contributed by atoms with van der Waals surface area (Å²) in [7, 11) is 0. The highest BCUT2D eigenvalue weighted by Gasteiger charge is 2.24. The van der Waals surface area contributed by atoms with Crippen LogP contribution >= 0.6 is 0 Å². The molecule has 5 heteroatoms. The van der Waals surface area contributed by atoms with Gasteiger partial charge in [0.2, 0.25) is 5.91 Å². The maximum atomic E-state index is 13.5. The fourth-order valence-electron chi connectivity index (χ4n) is 3.02. The molecule has 4 nitrogen and oxygen atoms in total. The van der Waals surface area contributed by atoms with Crippen LogP contribution in [-0.4, -0.2) is 25.0 Å². The lowest BCUT2D eigenvalue weighted by Crippen LogP contribution is -2.27. The number of carbonyl (C=O) groups is 2. The second kappa shape index (κ2) is 7.47. The minimum absolute atomic E-state index is 0.0824. The minimum Gasteiger partial charge on any atom is -0.462 e. The standard InChI is InChI=1S/C20H20FNO3/c1-2-19(23)22-11-9-15-13-16(7-8-18(15)22)20(24)25-12-10-14-5-3-4-6-17(14)21/h3-8,13H,2,9-12H2,1H3. The van der Waals surface area contributed by atoms with Gasteiger partial charge in [-0.2, -0.15) is 0 Å². The largest absolute Gasteiger partial charge is 0.462 e. The van der Waals surface area contributed by atoms with E-state index in [1.807, 2.05) is 6.92 Å². The van der Waals surface area contributed by atoms with E-state index in [2.05, 4.69) is 0 Å². The van der Waals surface area contributed by atoms with Crippen molar-refractivity contribution < 1.29 is 18.7 Å². The van der Waals surface area contributed by atoms with Crippen molar-refractivity contribution in [1.82, 2.24) is 0 Å². The Balaban J connectivity index is 1.62. The predicted octanol–water partition coefficient (Wildman–Crippen LogP) is 3.52. The van der Waals surface area contributed by atoms with E-state index in [1.165, 1.54) is 6.07 Å². The van der Waals surface area contributed by atoms with Crippen LogP contribution < -0.4 is 4.90 Å². The third kappa shape index (κ3) is 3.71. The summed E-state index contributed by atoms with van der Waals surface area (Å²) in [6.07, 6.45) is 1.53. The van der Waals surface area contributed by atoms with Gasteiger partial charge in [-0.05, 0) is 41.8 Å². The van der Waals surface area contributed by atoms with Crippen molar-refractivity contribution >= 4 is 17.6 Å². The van der Waals surface area contributed by atoms with Gasteiger partial charge in [0.05, 0.1) is 12.2 Å². The number of hydrogen-bond acceptors (Lipinski definition) is 3. The average molecular weight is 341 g/mol. The molecule has 25 heavy (non-hydrogen) atoms. The fraction of sp³-hybridized carbons (Fsp3) is 0.300. The third-order valence-electron chi connectivity index (χ3n) is 4.38. The topological polar surface area (TPSA) is 46.6 Å². The van der Waals surface area contributed by atoms with Crippen molar-refractivity contribution in [2.24, 2.45) is 0 Å². The molecular weight excluding hydrogens is 321 g/mol. The van der Waals surface area contributed by atoms with Gasteiger partial charge in [0, 0.05) is 25.1 Å². The molecule has 0 aromatic heterocycles. The summed E-state index contributed by atoms with van der Waals surface area (Å²) >= 11 is 0. The molecule has 0 radical (unpaired) electrons. The Morgan fingerprint density at radius 3 is 2.76 bits per heavy atom. The smallest absolute Gasteiger partial charge is 0.338 e. The van der Waals surface area contributed by atoms with Gasteiger partial charge in [0.15, 0.2) is 0 Å². The molecule has 3 rings (SSSR count). The Morgan fingerprint density at radius 1 is 1.20 bits per heavy atom. The number of esters is 1. The van der Waals surface area contributed by atoms with E-state index in [1.54, 1.807) is 41.3 Å². The minimum atomic E-state index is -0.431. The van der Waals surface area contributed by atoms with Gasteiger partial charge in [-0.3, -0.25) is 4.79 Å². The molecule has 0 atom stereocenters. The van der Waals surface area contributed by atoms with Crippen molar-refractivity contribution in [3.05, 3.63) is 65.0 Å². The first kappa shape index (κ1) is 17.1. The first-order chi connectivity index (χ1) is 12.1. The lowest BCUT2D eigenvalue weighted by atomic mass is 10.1. The summed E-state index contributed by atoms with van der Waals surface area (Å²) < 4.78 is 18.8. The quantitative estimate of drug-likeness (QED) is 0.782. The molecular formula is C20H20FNO3. The van der Waals surface area contributed by atoms with Crippen molar-refractivity contribution in [1.29, 1.82) is 0 Å². The summed E-state index contributed by atoms with van der Waals surface area (Å²) in [5.41, 5.74) is 2.83. The normalized spacial score (nSPS) is 12.8. The molecule has 0 N–H and O–H groups in total. The van der Waals surface area contributed by atoms with Crippen LogP contribution in [-0.2, 0) is 22.4 Å². The molecule has 0 aliphatic carbocycles. The van der Waals surface area contributed by atoms with Crippen LogP contribution in [0.25, 0.3) is 0 Å². The van der Waals surface area contributed by atoms with Crippen LogP contribution in [0.15, 0.2) is 42.5 Å². The second-order valence-electron chi connectivity index (χ2n) is 5.97. The van der Waals surface area contributed by atoms with E-state index in [0.29, 0.717) is 30.5 Å². The van der Waals surface area contributed by atoms with Crippen LogP contribution in [0.1, 0.15) is 34.8 Å². The number of ether oxygens (including phenoxy) is 1. The molecule has 1 heterocycles. The lowest BCUT2D eigenvalue weighted by Gasteiger charge is -2.16. The van der Waals surface area contributed by atoms with Crippen molar-refractivity contribution in [2.45, 2.75) is 26.2 Å². The molecule has 0 bridgehead atoms. The number of fused-ring (bicyclic) bond motifs is 1. The Bertz CT molecular complexity index is 803. The summed E-state index contributed by atoms with van der Waals surface area (Å²) in [5.74, 6) is -0.643. The summed E-state index contributed by atoms with van der Waals surface area (Å²) in [4.78, 5) is 25.9. The number of anilines is 1. The molecule has 0 saturated heterocycles. The van der Waals surface area contributed by atoms with Crippen molar-refractivity contribution in [3.63, 3.8) is 0 Å². The van der Waals surface area contributed by atoms with Gasteiger partial charge < -0.3 is 9.64 Å². The Kier molecular flexibility index (Phi) is 5.12.